The molecule has 3 N–H and O–H groups in total. The number of fused-ring (bicyclic) bond motifs is 2. The Kier molecular flexibility index (Phi) is 13.7. The van der Waals surface area contributed by atoms with E-state index < -0.39 is 47.6 Å². The molecule has 7 aromatic rings. The first-order valence-corrected chi connectivity index (χ1v) is 19.2. The lowest BCUT2D eigenvalue weighted by Crippen LogP contribution is -2.43. The van der Waals surface area contributed by atoms with Gasteiger partial charge in [-0.3, -0.25) is 19.6 Å². The predicted molar refractivity (Wildman–Crippen MR) is 224 cm³/mol. The van der Waals surface area contributed by atoms with Gasteiger partial charge in [0.15, 0.2) is 0 Å². The number of alkyl halides is 3. The van der Waals surface area contributed by atoms with Gasteiger partial charge in [0.1, 0.15) is 23.5 Å². The Morgan fingerprint density at radius 1 is 0.633 bits per heavy atom. The van der Waals surface area contributed by atoms with E-state index in [1.807, 2.05) is 72.8 Å². The average Bonchev–Trinajstić information content (AvgIpc) is 3.26. The summed E-state index contributed by atoms with van der Waals surface area (Å²) in [5.41, 5.74) is 2.49. The van der Waals surface area contributed by atoms with Gasteiger partial charge in [-0.15, -0.1) is 0 Å². The summed E-state index contributed by atoms with van der Waals surface area (Å²) in [5, 5.41) is 18.4. The number of nitrogens with one attached hydrogen (secondary N) is 2. The van der Waals surface area contributed by atoms with Crippen LogP contribution in [-0.2, 0) is 33.3 Å². The molecule has 2 amide bonds. The van der Waals surface area contributed by atoms with Crippen LogP contribution in [0.15, 0.2) is 150 Å². The SMILES string of the molecule is COC(=O)[C@H](Cc1ccc(Br)cc1)NC(=O)c1cc2ccccc2cn1.O=C(N[C@@H](Cc1ccc(-c2ccc(C(F)(F)F)cc2)cc1)C(=O)O)c1cc2ccccc2cn1. The van der Waals surface area contributed by atoms with Crippen LogP contribution in [0.3, 0.4) is 0 Å². The highest BCUT2D eigenvalue weighted by molar-refractivity contribution is 9.10. The van der Waals surface area contributed by atoms with Gasteiger partial charge in [0, 0.05) is 40.5 Å². The summed E-state index contributed by atoms with van der Waals surface area (Å²) < 4.78 is 44.0. The number of esters is 1. The van der Waals surface area contributed by atoms with Gasteiger partial charge in [0.25, 0.3) is 11.8 Å². The van der Waals surface area contributed by atoms with E-state index >= 15 is 0 Å². The third-order valence-electron chi connectivity index (χ3n) is 9.41. The molecule has 304 valence electrons. The maximum atomic E-state index is 12.7. The van der Waals surface area contributed by atoms with Crippen LogP contribution < -0.4 is 10.6 Å². The van der Waals surface area contributed by atoms with Gasteiger partial charge in [-0.05, 0) is 69.4 Å². The number of hydrogen-bond donors (Lipinski definition) is 3. The first-order chi connectivity index (χ1) is 28.8. The molecular formula is C46H36BrF3N4O6. The molecule has 0 aliphatic rings. The summed E-state index contributed by atoms with van der Waals surface area (Å²) in [6.07, 6.45) is -0.839. The number of amides is 2. The number of ether oxygens (including phenoxy) is 1. The highest BCUT2D eigenvalue weighted by Gasteiger charge is 2.30. The van der Waals surface area contributed by atoms with Crippen molar-refractivity contribution in [2.75, 3.05) is 7.11 Å². The van der Waals surface area contributed by atoms with E-state index in [1.165, 1.54) is 19.2 Å². The Hall–Kier alpha value is -6.93. The van der Waals surface area contributed by atoms with Crippen molar-refractivity contribution in [2.45, 2.75) is 31.1 Å². The molecule has 0 unspecified atom stereocenters. The van der Waals surface area contributed by atoms with Crippen LogP contribution in [0.2, 0.25) is 0 Å². The second-order valence-corrected chi connectivity index (χ2v) is 14.5. The van der Waals surface area contributed by atoms with Crippen LogP contribution in [0.1, 0.15) is 37.7 Å². The molecule has 60 heavy (non-hydrogen) atoms. The standard InChI is InChI=1S/C26H19F3N2O3.C20H17BrN2O3/c27-26(28,29)21-11-9-18(10-12-21)17-7-5-16(6-8-17)13-23(25(33)34)31-24(32)22-14-19-3-1-2-4-20(19)15-30-22;1-26-20(25)18(10-13-6-8-16(21)9-7-13)23-19(24)17-11-14-4-2-3-5-15(14)12-22-17/h1-12,14-15,23H,13H2,(H,31,32)(H,33,34);2-9,11-12,18H,10H2,1H3,(H,23,24)/t23-;18-/m00/s1. The van der Waals surface area contributed by atoms with Gasteiger partial charge in [-0.2, -0.15) is 13.2 Å². The number of nitrogens with zero attached hydrogens (tertiary/aromatic N) is 2. The number of carbonyl (C=O) groups is 4. The number of halogens is 4. The number of pyridine rings is 2. The highest BCUT2D eigenvalue weighted by Crippen LogP contribution is 2.31. The lowest BCUT2D eigenvalue weighted by Gasteiger charge is -2.16. The van der Waals surface area contributed by atoms with E-state index in [2.05, 4.69) is 36.5 Å². The molecule has 2 heterocycles. The Morgan fingerprint density at radius 2 is 1.05 bits per heavy atom. The molecular weight excluding hydrogens is 841 g/mol. The molecule has 0 saturated heterocycles. The van der Waals surface area contributed by atoms with Crippen LogP contribution in [0.25, 0.3) is 32.7 Å². The van der Waals surface area contributed by atoms with Gasteiger partial charge in [0.2, 0.25) is 0 Å². The van der Waals surface area contributed by atoms with Gasteiger partial charge >= 0.3 is 18.1 Å². The molecule has 2 aromatic heterocycles. The van der Waals surface area contributed by atoms with E-state index in [0.29, 0.717) is 23.1 Å². The third kappa shape index (κ3) is 11.2. The van der Waals surface area contributed by atoms with Crippen molar-refractivity contribution in [1.29, 1.82) is 0 Å². The maximum absolute atomic E-state index is 12.7. The Balaban J connectivity index is 0.000000209. The van der Waals surface area contributed by atoms with E-state index in [1.54, 1.807) is 48.8 Å². The second-order valence-electron chi connectivity index (χ2n) is 13.6. The molecule has 2 atom stereocenters. The molecule has 0 saturated carbocycles. The van der Waals surface area contributed by atoms with E-state index in [0.717, 1.165) is 43.7 Å². The van der Waals surface area contributed by atoms with Crippen LogP contribution >= 0.6 is 15.9 Å². The van der Waals surface area contributed by atoms with Gasteiger partial charge in [0.05, 0.1) is 12.7 Å². The number of carboxylic acids is 1. The number of aliphatic carboxylic acids is 1. The normalized spacial score (nSPS) is 12.1. The van der Waals surface area contributed by atoms with Crippen LogP contribution in [0.4, 0.5) is 13.2 Å². The monoisotopic (exact) mass is 876 g/mol. The fourth-order valence-electron chi connectivity index (χ4n) is 6.19. The summed E-state index contributed by atoms with van der Waals surface area (Å²) in [6.45, 7) is 0. The van der Waals surface area contributed by atoms with Crippen molar-refractivity contribution in [2.24, 2.45) is 0 Å². The van der Waals surface area contributed by atoms with Crippen molar-refractivity contribution in [3.05, 3.63) is 178 Å². The molecule has 7 rings (SSSR count). The van der Waals surface area contributed by atoms with Gasteiger partial charge < -0.3 is 20.5 Å². The van der Waals surface area contributed by atoms with E-state index in [-0.39, 0.29) is 17.8 Å². The summed E-state index contributed by atoms with van der Waals surface area (Å²) >= 11 is 3.38. The zero-order chi connectivity index (χ0) is 42.8. The molecule has 5 aromatic carbocycles. The number of methoxy groups -OCH3 is 1. The van der Waals surface area contributed by atoms with Crippen molar-refractivity contribution < 1.29 is 42.2 Å². The first-order valence-electron chi connectivity index (χ1n) is 18.4. The van der Waals surface area contributed by atoms with Gasteiger partial charge in [-0.25, -0.2) is 9.59 Å². The molecule has 14 heteroatoms. The number of benzene rings is 5. The number of carboxylic acid groups (broad SMARTS) is 1. The van der Waals surface area contributed by atoms with Crippen molar-refractivity contribution >= 4 is 61.2 Å². The smallest absolute Gasteiger partial charge is 0.416 e. The summed E-state index contributed by atoms with van der Waals surface area (Å²) in [5.74, 6) is -2.70. The molecule has 0 aliphatic heterocycles. The summed E-state index contributed by atoms with van der Waals surface area (Å²) in [7, 11) is 1.30. The Labute approximate surface area is 350 Å². The predicted octanol–water partition coefficient (Wildman–Crippen LogP) is 8.86. The number of aromatic nitrogens is 2. The lowest BCUT2D eigenvalue weighted by molar-refractivity contribution is -0.143. The molecule has 0 radical (unpaired) electrons. The highest BCUT2D eigenvalue weighted by atomic mass is 79.9. The maximum Gasteiger partial charge on any atom is 0.416 e. The number of carbonyl (C=O) groups excluding carboxylic acids is 3. The fraction of sp³-hybridized carbons (Fsp3) is 0.130. The summed E-state index contributed by atoms with van der Waals surface area (Å²) in [6, 6.07) is 35.5. The zero-order valence-electron chi connectivity index (χ0n) is 31.8. The molecule has 0 bridgehead atoms. The lowest BCUT2D eigenvalue weighted by atomic mass is 9.99. The van der Waals surface area contributed by atoms with Crippen molar-refractivity contribution in [3.8, 4) is 11.1 Å². The minimum Gasteiger partial charge on any atom is -0.480 e. The second kappa shape index (κ2) is 19.2. The third-order valence-corrected chi connectivity index (χ3v) is 9.94. The largest absolute Gasteiger partial charge is 0.480 e. The fourth-order valence-corrected chi connectivity index (χ4v) is 6.46. The zero-order valence-corrected chi connectivity index (χ0v) is 33.4. The van der Waals surface area contributed by atoms with Gasteiger partial charge in [-0.1, -0.05) is 113 Å². The van der Waals surface area contributed by atoms with Crippen LogP contribution in [0.5, 0.6) is 0 Å². The average molecular weight is 878 g/mol. The topological polar surface area (TPSA) is 148 Å². The van der Waals surface area contributed by atoms with Crippen molar-refractivity contribution in [1.82, 2.24) is 20.6 Å². The molecule has 0 fully saturated rings. The van der Waals surface area contributed by atoms with Crippen LogP contribution in [-0.4, -0.2) is 58.0 Å². The number of hydrogen-bond acceptors (Lipinski definition) is 7. The Bertz CT molecular complexity index is 2640. The van der Waals surface area contributed by atoms with E-state index in [9.17, 15) is 37.5 Å². The first kappa shape index (κ1) is 42.7. The molecule has 0 aliphatic carbocycles. The summed E-state index contributed by atoms with van der Waals surface area (Å²) in [4.78, 5) is 57.4. The minimum atomic E-state index is -4.40. The Morgan fingerprint density at radius 3 is 1.50 bits per heavy atom. The number of rotatable bonds is 11. The minimum absolute atomic E-state index is 0.0297. The van der Waals surface area contributed by atoms with Crippen molar-refractivity contribution in [3.63, 3.8) is 0 Å². The van der Waals surface area contributed by atoms with Crippen LogP contribution in [0, 0.1) is 0 Å². The molecule has 0 spiro atoms. The van der Waals surface area contributed by atoms with E-state index in [4.69, 9.17) is 4.74 Å². The molecule has 10 nitrogen and oxygen atoms in total. The quantitative estimate of drug-likeness (QED) is 0.109.